The molecule has 2 rings (SSSR count). The van der Waals surface area contributed by atoms with Crippen LogP contribution in [0.4, 0.5) is 13.2 Å². The third-order valence-electron chi connectivity index (χ3n) is 4.15. The molecule has 0 bridgehead atoms. The summed E-state index contributed by atoms with van der Waals surface area (Å²) in [4.78, 5) is 23.5. The van der Waals surface area contributed by atoms with E-state index >= 15 is 0 Å². The largest absolute Gasteiger partial charge is 0.416 e. The van der Waals surface area contributed by atoms with Crippen LogP contribution in [0.3, 0.4) is 0 Å². The summed E-state index contributed by atoms with van der Waals surface area (Å²) in [7, 11) is 0. The van der Waals surface area contributed by atoms with Gasteiger partial charge in [-0.3, -0.25) is 9.59 Å². The number of hydrogen-bond donors (Lipinski definition) is 2. The Kier molecular flexibility index (Phi) is 5.85. The summed E-state index contributed by atoms with van der Waals surface area (Å²) in [6.07, 6.45) is -2.39. The Morgan fingerprint density at radius 3 is 2.75 bits per heavy atom. The van der Waals surface area contributed by atoms with Crippen LogP contribution in [0.2, 0.25) is 0 Å². The fourth-order valence-electron chi connectivity index (χ4n) is 2.79. The molecule has 1 aromatic rings. The fraction of sp³-hybridized carbons (Fsp3) is 0.529. The molecule has 0 saturated carbocycles. The summed E-state index contributed by atoms with van der Waals surface area (Å²) in [5, 5.41) is 5.48. The molecule has 1 aromatic carbocycles. The second-order valence-electron chi connectivity index (χ2n) is 6.01. The molecule has 2 N–H and O–H groups in total. The highest BCUT2D eigenvalue weighted by Crippen LogP contribution is 2.31. The van der Waals surface area contributed by atoms with E-state index in [1.807, 2.05) is 6.92 Å². The molecule has 132 valence electrons. The monoisotopic (exact) mass is 342 g/mol. The van der Waals surface area contributed by atoms with Crippen LogP contribution in [0, 0.1) is 5.92 Å². The summed E-state index contributed by atoms with van der Waals surface area (Å²) in [6, 6.07) is 4.59. The van der Waals surface area contributed by atoms with Crippen molar-refractivity contribution in [1.29, 1.82) is 0 Å². The molecule has 1 saturated heterocycles. The van der Waals surface area contributed by atoms with Crippen molar-refractivity contribution in [3.05, 3.63) is 35.4 Å². The van der Waals surface area contributed by atoms with Crippen LogP contribution in [-0.2, 0) is 15.8 Å². The topological polar surface area (TPSA) is 58.2 Å². The zero-order chi connectivity index (χ0) is 17.7. The molecule has 1 aliphatic rings. The average molecular weight is 342 g/mol. The van der Waals surface area contributed by atoms with Crippen molar-refractivity contribution < 1.29 is 22.8 Å². The predicted octanol–water partition coefficient (Wildman–Crippen LogP) is 3.19. The first-order valence-electron chi connectivity index (χ1n) is 8.05. The van der Waals surface area contributed by atoms with E-state index in [1.165, 1.54) is 6.07 Å². The lowest BCUT2D eigenvalue weighted by Crippen LogP contribution is -2.43. The van der Waals surface area contributed by atoms with Crippen molar-refractivity contribution in [1.82, 2.24) is 10.6 Å². The molecule has 0 aromatic heterocycles. The Labute approximate surface area is 138 Å². The molecule has 7 heteroatoms. The summed E-state index contributed by atoms with van der Waals surface area (Å²) in [5.41, 5.74) is -0.278. The lowest BCUT2D eigenvalue weighted by Gasteiger charge is -2.26. The Morgan fingerprint density at radius 1 is 1.42 bits per heavy atom. The van der Waals surface area contributed by atoms with E-state index in [0.717, 1.165) is 18.6 Å². The number of alkyl halides is 3. The van der Waals surface area contributed by atoms with Gasteiger partial charge in [0.05, 0.1) is 17.5 Å². The molecule has 1 aliphatic heterocycles. The van der Waals surface area contributed by atoms with Gasteiger partial charge in [-0.25, -0.2) is 0 Å². The smallest absolute Gasteiger partial charge is 0.355 e. The summed E-state index contributed by atoms with van der Waals surface area (Å²) in [6.45, 7) is 2.18. The Balaban J connectivity index is 2.11. The van der Waals surface area contributed by atoms with Gasteiger partial charge in [0.1, 0.15) is 0 Å². The number of hydrogen-bond acceptors (Lipinski definition) is 2. The molecule has 1 fully saturated rings. The Hall–Kier alpha value is -2.05. The number of halogens is 3. The van der Waals surface area contributed by atoms with Gasteiger partial charge in [0.15, 0.2) is 0 Å². The van der Waals surface area contributed by atoms with Gasteiger partial charge in [-0.1, -0.05) is 25.5 Å². The first kappa shape index (κ1) is 18.3. The van der Waals surface area contributed by atoms with E-state index in [2.05, 4.69) is 10.6 Å². The van der Waals surface area contributed by atoms with E-state index < -0.39 is 17.8 Å². The predicted molar refractivity (Wildman–Crippen MR) is 83.0 cm³/mol. The lowest BCUT2D eigenvalue weighted by atomic mass is 9.95. The second kappa shape index (κ2) is 7.68. The van der Waals surface area contributed by atoms with E-state index in [1.54, 1.807) is 6.07 Å². The molecule has 2 amide bonds. The summed E-state index contributed by atoms with van der Waals surface area (Å²) < 4.78 is 38.6. The van der Waals surface area contributed by atoms with Crippen LogP contribution < -0.4 is 10.6 Å². The van der Waals surface area contributed by atoms with Gasteiger partial charge >= 0.3 is 6.18 Å². The minimum atomic E-state index is -4.41. The van der Waals surface area contributed by atoms with E-state index in [0.29, 0.717) is 24.8 Å². The van der Waals surface area contributed by atoms with Crippen molar-refractivity contribution in [3.63, 3.8) is 0 Å². The highest BCUT2D eigenvalue weighted by molar-refractivity contribution is 5.83. The van der Waals surface area contributed by atoms with Crippen LogP contribution in [0.5, 0.6) is 0 Å². The van der Waals surface area contributed by atoms with Gasteiger partial charge in [0, 0.05) is 13.0 Å². The SMILES string of the molecule is CCC[C@@H](NC(=O)[C@H]1CCC(=O)NC1)c1cccc(C(F)(F)F)c1. The van der Waals surface area contributed by atoms with Crippen molar-refractivity contribution in [2.75, 3.05) is 6.54 Å². The Bertz CT molecular complexity index is 592. The van der Waals surface area contributed by atoms with Crippen LogP contribution >= 0.6 is 0 Å². The number of amides is 2. The van der Waals surface area contributed by atoms with E-state index in [9.17, 15) is 22.8 Å². The Morgan fingerprint density at radius 2 is 2.17 bits per heavy atom. The third-order valence-corrected chi connectivity index (χ3v) is 4.15. The standard InChI is InChI=1S/C17H21F3N2O2/c1-2-4-14(11-5-3-6-13(9-11)17(18,19)20)22-16(24)12-7-8-15(23)21-10-12/h3,5-6,9,12,14H,2,4,7-8,10H2,1H3,(H,21,23)(H,22,24)/t12-,14+/m0/s1. The maximum atomic E-state index is 12.9. The normalized spacial score (nSPS) is 19.5. The molecule has 0 radical (unpaired) electrons. The molecular weight excluding hydrogens is 321 g/mol. The van der Waals surface area contributed by atoms with Gasteiger partial charge < -0.3 is 10.6 Å². The van der Waals surface area contributed by atoms with Crippen molar-refractivity contribution in [2.24, 2.45) is 5.92 Å². The van der Waals surface area contributed by atoms with Crippen LogP contribution in [0.15, 0.2) is 24.3 Å². The number of benzene rings is 1. The average Bonchev–Trinajstić information content (AvgIpc) is 2.54. The van der Waals surface area contributed by atoms with Crippen LogP contribution in [0.25, 0.3) is 0 Å². The first-order chi connectivity index (χ1) is 11.3. The molecule has 4 nitrogen and oxygen atoms in total. The summed E-state index contributed by atoms with van der Waals surface area (Å²) in [5.74, 6) is -0.652. The number of carbonyl (C=O) groups is 2. The van der Waals surface area contributed by atoms with Crippen LogP contribution in [-0.4, -0.2) is 18.4 Å². The zero-order valence-corrected chi connectivity index (χ0v) is 13.5. The van der Waals surface area contributed by atoms with Gasteiger partial charge in [0.25, 0.3) is 0 Å². The molecule has 0 spiro atoms. The maximum Gasteiger partial charge on any atom is 0.416 e. The zero-order valence-electron chi connectivity index (χ0n) is 13.5. The van der Waals surface area contributed by atoms with Gasteiger partial charge in [-0.05, 0) is 30.5 Å². The van der Waals surface area contributed by atoms with Crippen molar-refractivity contribution in [3.8, 4) is 0 Å². The first-order valence-corrected chi connectivity index (χ1v) is 8.05. The number of rotatable bonds is 5. The van der Waals surface area contributed by atoms with Crippen molar-refractivity contribution >= 4 is 11.8 Å². The molecule has 2 atom stereocenters. The number of carbonyl (C=O) groups excluding carboxylic acids is 2. The fourth-order valence-corrected chi connectivity index (χ4v) is 2.79. The van der Waals surface area contributed by atoms with Gasteiger partial charge in [-0.15, -0.1) is 0 Å². The lowest BCUT2D eigenvalue weighted by molar-refractivity contribution is -0.137. The third kappa shape index (κ3) is 4.72. The molecule has 24 heavy (non-hydrogen) atoms. The van der Waals surface area contributed by atoms with Crippen LogP contribution in [0.1, 0.15) is 49.8 Å². The van der Waals surface area contributed by atoms with Crippen molar-refractivity contribution in [2.45, 2.75) is 44.8 Å². The maximum absolute atomic E-state index is 12.9. The molecule has 1 heterocycles. The number of piperidine rings is 1. The number of nitrogens with one attached hydrogen (secondary N) is 2. The van der Waals surface area contributed by atoms with Gasteiger partial charge in [-0.2, -0.15) is 13.2 Å². The minimum Gasteiger partial charge on any atom is -0.355 e. The molecular formula is C17H21F3N2O2. The minimum absolute atomic E-state index is 0.0814. The molecule has 0 aliphatic carbocycles. The molecule has 0 unspecified atom stereocenters. The van der Waals surface area contributed by atoms with E-state index in [-0.39, 0.29) is 24.3 Å². The van der Waals surface area contributed by atoms with Gasteiger partial charge in [0.2, 0.25) is 11.8 Å². The second-order valence-corrected chi connectivity index (χ2v) is 6.01. The van der Waals surface area contributed by atoms with E-state index in [4.69, 9.17) is 0 Å². The highest BCUT2D eigenvalue weighted by Gasteiger charge is 2.31. The quantitative estimate of drug-likeness (QED) is 0.863. The summed E-state index contributed by atoms with van der Waals surface area (Å²) >= 11 is 0. The highest BCUT2D eigenvalue weighted by atomic mass is 19.4.